The number of aromatic nitrogens is 1. The number of nitrogens with zero attached hydrogens (tertiary/aromatic N) is 1. The predicted molar refractivity (Wildman–Crippen MR) is 77.6 cm³/mol. The number of aliphatic hydroxyl groups is 1. The van der Waals surface area contributed by atoms with Gasteiger partial charge in [-0.3, -0.25) is 9.78 Å². The van der Waals surface area contributed by atoms with Crippen molar-refractivity contribution in [3.63, 3.8) is 0 Å². The molecule has 1 aromatic carbocycles. The van der Waals surface area contributed by atoms with Crippen LogP contribution in [0.1, 0.15) is 22.8 Å². The summed E-state index contributed by atoms with van der Waals surface area (Å²) in [6.07, 6.45) is 3.07. The van der Waals surface area contributed by atoms with Crippen molar-refractivity contribution in [2.45, 2.75) is 12.5 Å². The van der Waals surface area contributed by atoms with E-state index in [1.165, 1.54) is 6.20 Å². The first-order valence-corrected chi connectivity index (χ1v) is 6.54. The lowest BCUT2D eigenvalue weighted by atomic mass is 9.96. The predicted octanol–water partition coefficient (Wildman–Crippen LogP) is 2.37. The molecule has 0 bridgehead atoms. The van der Waals surface area contributed by atoms with Gasteiger partial charge in [0.15, 0.2) is 0 Å². The van der Waals surface area contributed by atoms with E-state index in [1.54, 1.807) is 49.5 Å². The third-order valence-corrected chi connectivity index (χ3v) is 3.30. The van der Waals surface area contributed by atoms with Gasteiger partial charge in [-0.25, -0.2) is 0 Å². The molecule has 0 saturated carbocycles. The van der Waals surface area contributed by atoms with Gasteiger partial charge in [0, 0.05) is 23.0 Å². The van der Waals surface area contributed by atoms with Gasteiger partial charge in [-0.05, 0) is 25.1 Å². The van der Waals surface area contributed by atoms with Gasteiger partial charge in [0.05, 0.1) is 12.1 Å². The number of hydrogen-bond acceptors (Lipinski definition) is 3. The van der Waals surface area contributed by atoms with Crippen LogP contribution in [0.5, 0.6) is 0 Å². The second-order valence-corrected chi connectivity index (χ2v) is 5.09. The topological polar surface area (TPSA) is 62.2 Å². The van der Waals surface area contributed by atoms with Gasteiger partial charge in [0.2, 0.25) is 0 Å². The van der Waals surface area contributed by atoms with E-state index in [4.69, 9.17) is 11.6 Å². The maximum absolute atomic E-state index is 11.9. The first-order valence-electron chi connectivity index (χ1n) is 6.16. The summed E-state index contributed by atoms with van der Waals surface area (Å²) < 4.78 is 0. The molecule has 1 atom stereocenters. The number of benzene rings is 1. The normalized spacial score (nSPS) is 13.6. The molecule has 5 heteroatoms. The SMILES string of the molecule is C[C@@](O)(CNC(=O)c1cccnc1)c1ccccc1Cl. The molecule has 2 rings (SSSR count). The lowest BCUT2D eigenvalue weighted by Crippen LogP contribution is -2.38. The molecular weight excluding hydrogens is 276 g/mol. The van der Waals surface area contributed by atoms with E-state index in [2.05, 4.69) is 10.3 Å². The standard InChI is InChI=1S/C15H15ClN2O2/c1-15(20,12-6-2-3-7-13(12)16)10-18-14(19)11-5-4-8-17-9-11/h2-9,20H,10H2,1H3,(H,18,19)/t15-/m1/s1. The fourth-order valence-electron chi connectivity index (χ4n) is 1.84. The van der Waals surface area contributed by atoms with Crippen molar-refractivity contribution in [3.05, 3.63) is 64.9 Å². The summed E-state index contributed by atoms with van der Waals surface area (Å²) in [5.41, 5.74) is -0.216. The maximum Gasteiger partial charge on any atom is 0.252 e. The summed E-state index contributed by atoms with van der Waals surface area (Å²) in [4.78, 5) is 15.8. The fourth-order valence-corrected chi connectivity index (χ4v) is 2.18. The molecule has 0 spiro atoms. The van der Waals surface area contributed by atoms with E-state index >= 15 is 0 Å². The average molecular weight is 291 g/mol. The highest BCUT2D eigenvalue weighted by molar-refractivity contribution is 6.31. The number of hydrogen-bond donors (Lipinski definition) is 2. The number of carbonyl (C=O) groups is 1. The Bertz CT molecular complexity index is 600. The Labute approximate surface area is 122 Å². The first kappa shape index (κ1) is 14.5. The minimum atomic E-state index is -1.24. The zero-order valence-electron chi connectivity index (χ0n) is 11.0. The van der Waals surface area contributed by atoms with Gasteiger partial charge in [-0.1, -0.05) is 29.8 Å². The van der Waals surface area contributed by atoms with Crippen LogP contribution in [0.15, 0.2) is 48.8 Å². The van der Waals surface area contributed by atoms with Gasteiger partial charge >= 0.3 is 0 Å². The van der Waals surface area contributed by atoms with Crippen LogP contribution in [-0.2, 0) is 5.60 Å². The molecule has 0 fully saturated rings. The fraction of sp³-hybridized carbons (Fsp3) is 0.200. The van der Waals surface area contributed by atoms with Gasteiger partial charge in [0.1, 0.15) is 5.60 Å². The van der Waals surface area contributed by atoms with Crippen LogP contribution in [0.2, 0.25) is 5.02 Å². The lowest BCUT2D eigenvalue weighted by molar-refractivity contribution is 0.0527. The number of pyridine rings is 1. The Morgan fingerprint density at radius 1 is 1.35 bits per heavy atom. The molecule has 1 aromatic heterocycles. The Morgan fingerprint density at radius 3 is 2.75 bits per heavy atom. The molecule has 0 aliphatic carbocycles. The van der Waals surface area contributed by atoms with Gasteiger partial charge in [-0.15, -0.1) is 0 Å². The van der Waals surface area contributed by atoms with Crippen LogP contribution in [0, 0.1) is 0 Å². The smallest absolute Gasteiger partial charge is 0.252 e. The van der Waals surface area contributed by atoms with Crippen molar-refractivity contribution >= 4 is 17.5 Å². The monoisotopic (exact) mass is 290 g/mol. The molecule has 0 saturated heterocycles. The van der Waals surface area contributed by atoms with Gasteiger partial charge in [-0.2, -0.15) is 0 Å². The second-order valence-electron chi connectivity index (χ2n) is 4.68. The van der Waals surface area contributed by atoms with Gasteiger partial charge < -0.3 is 10.4 Å². The number of halogens is 1. The second kappa shape index (κ2) is 6.03. The highest BCUT2D eigenvalue weighted by Crippen LogP contribution is 2.27. The molecule has 4 nitrogen and oxygen atoms in total. The van der Waals surface area contributed by atoms with E-state index in [0.29, 0.717) is 16.1 Å². The summed E-state index contributed by atoms with van der Waals surface area (Å²) in [5.74, 6) is -0.287. The van der Waals surface area contributed by atoms with Crippen LogP contribution >= 0.6 is 11.6 Å². The Balaban J connectivity index is 2.07. The van der Waals surface area contributed by atoms with Crippen molar-refractivity contribution in [2.24, 2.45) is 0 Å². The van der Waals surface area contributed by atoms with Crippen molar-refractivity contribution in [1.82, 2.24) is 10.3 Å². The molecule has 1 heterocycles. The van der Waals surface area contributed by atoms with Crippen LogP contribution in [0.4, 0.5) is 0 Å². The molecule has 0 radical (unpaired) electrons. The van der Waals surface area contributed by atoms with E-state index in [9.17, 15) is 9.90 Å². The minimum Gasteiger partial charge on any atom is -0.384 e. The van der Waals surface area contributed by atoms with E-state index in [-0.39, 0.29) is 12.5 Å². The number of rotatable bonds is 4. The molecule has 0 unspecified atom stereocenters. The highest BCUT2D eigenvalue weighted by atomic mass is 35.5. The van der Waals surface area contributed by atoms with Crippen molar-refractivity contribution in [1.29, 1.82) is 0 Å². The summed E-state index contributed by atoms with van der Waals surface area (Å²) in [7, 11) is 0. The van der Waals surface area contributed by atoms with Crippen LogP contribution in [0.25, 0.3) is 0 Å². The molecule has 2 aromatic rings. The number of carbonyl (C=O) groups excluding carboxylic acids is 1. The van der Waals surface area contributed by atoms with E-state index in [1.807, 2.05) is 0 Å². The summed E-state index contributed by atoms with van der Waals surface area (Å²) in [5, 5.41) is 13.6. The van der Waals surface area contributed by atoms with Crippen molar-refractivity contribution < 1.29 is 9.90 Å². The molecular formula is C15H15ClN2O2. The third kappa shape index (κ3) is 3.35. The lowest BCUT2D eigenvalue weighted by Gasteiger charge is -2.25. The minimum absolute atomic E-state index is 0.0600. The van der Waals surface area contributed by atoms with Crippen LogP contribution in [-0.4, -0.2) is 22.5 Å². The average Bonchev–Trinajstić information content (AvgIpc) is 2.46. The van der Waals surface area contributed by atoms with E-state index < -0.39 is 5.60 Å². The summed E-state index contributed by atoms with van der Waals surface area (Å²) >= 11 is 6.06. The molecule has 0 aliphatic rings. The summed E-state index contributed by atoms with van der Waals surface area (Å²) in [6, 6.07) is 10.4. The summed E-state index contributed by atoms with van der Waals surface area (Å²) in [6.45, 7) is 1.67. The Kier molecular flexibility index (Phi) is 4.37. The molecule has 0 aliphatic heterocycles. The zero-order chi connectivity index (χ0) is 14.6. The Hall–Kier alpha value is -1.91. The van der Waals surface area contributed by atoms with Crippen molar-refractivity contribution in [2.75, 3.05) is 6.54 Å². The highest BCUT2D eigenvalue weighted by Gasteiger charge is 2.26. The zero-order valence-corrected chi connectivity index (χ0v) is 11.8. The first-order chi connectivity index (χ1) is 9.50. The quantitative estimate of drug-likeness (QED) is 0.909. The van der Waals surface area contributed by atoms with Gasteiger partial charge in [0.25, 0.3) is 5.91 Å². The van der Waals surface area contributed by atoms with E-state index in [0.717, 1.165) is 0 Å². The number of amides is 1. The largest absolute Gasteiger partial charge is 0.384 e. The third-order valence-electron chi connectivity index (χ3n) is 2.97. The molecule has 20 heavy (non-hydrogen) atoms. The number of nitrogens with one attached hydrogen (secondary N) is 1. The maximum atomic E-state index is 11.9. The van der Waals surface area contributed by atoms with Crippen LogP contribution in [0.3, 0.4) is 0 Å². The molecule has 1 amide bonds. The Morgan fingerprint density at radius 2 is 2.10 bits per heavy atom. The van der Waals surface area contributed by atoms with Crippen LogP contribution < -0.4 is 5.32 Å². The molecule has 104 valence electrons. The molecule has 2 N–H and O–H groups in total. The van der Waals surface area contributed by atoms with Crippen molar-refractivity contribution in [3.8, 4) is 0 Å².